The molecule has 0 spiro atoms. The number of phenolic OH excluding ortho intramolecular Hbond substituents is 1. The van der Waals surface area contributed by atoms with Crippen molar-refractivity contribution in [3.8, 4) is 11.5 Å². The van der Waals surface area contributed by atoms with Gasteiger partial charge in [-0.05, 0) is 68.9 Å². The first kappa shape index (κ1) is 19.0. The van der Waals surface area contributed by atoms with Crippen LogP contribution in [-0.2, 0) is 10.2 Å². The SMILES string of the molecule is CC(C)(C)c1ccc(OCC(=O)N/N=C\c2ccc(O)cc2)c(Br)c1. The molecule has 1 amide bonds. The molecule has 0 aliphatic heterocycles. The zero-order valence-electron chi connectivity index (χ0n) is 14.4. The normalized spacial score (nSPS) is 11.5. The van der Waals surface area contributed by atoms with Crippen molar-refractivity contribution in [1.29, 1.82) is 0 Å². The maximum absolute atomic E-state index is 11.8. The van der Waals surface area contributed by atoms with E-state index in [4.69, 9.17) is 4.74 Å². The van der Waals surface area contributed by atoms with Crippen LogP contribution in [0.25, 0.3) is 0 Å². The molecule has 0 bridgehead atoms. The lowest BCUT2D eigenvalue weighted by atomic mass is 9.87. The van der Waals surface area contributed by atoms with Crippen LogP contribution in [0.2, 0.25) is 0 Å². The molecule has 2 aromatic carbocycles. The molecule has 2 N–H and O–H groups in total. The van der Waals surface area contributed by atoms with Crippen LogP contribution in [0.1, 0.15) is 31.9 Å². The van der Waals surface area contributed by atoms with Gasteiger partial charge in [-0.25, -0.2) is 5.43 Å². The predicted octanol–water partition coefficient (Wildman–Crippen LogP) is 3.98. The maximum atomic E-state index is 11.8. The van der Waals surface area contributed by atoms with Crippen LogP contribution in [0.5, 0.6) is 11.5 Å². The summed E-state index contributed by atoms with van der Waals surface area (Å²) in [6.07, 6.45) is 1.49. The van der Waals surface area contributed by atoms with Gasteiger partial charge in [-0.15, -0.1) is 0 Å². The number of carbonyl (C=O) groups excluding carboxylic acids is 1. The third-order valence-corrected chi connectivity index (χ3v) is 4.07. The Morgan fingerprint density at radius 2 is 1.92 bits per heavy atom. The number of benzene rings is 2. The van der Waals surface area contributed by atoms with E-state index in [0.29, 0.717) is 5.75 Å². The molecular weight excluding hydrogens is 384 g/mol. The third kappa shape index (κ3) is 5.90. The molecule has 2 rings (SSSR count). The van der Waals surface area contributed by atoms with Gasteiger partial charge in [0.1, 0.15) is 11.5 Å². The summed E-state index contributed by atoms with van der Waals surface area (Å²) >= 11 is 3.47. The summed E-state index contributed by atoms with van der Waals surface area (Å²) in [6, 6.07) is 12.3. The highest BCUT2D eigenvalue weighted by Crippen LogP contribution is 2.31. The number of aromatic hydroxyl groups is 1. The van der Waals surface area contributed by atoms with Crippen molar-refractivity contribution < 1.29 is 14.6 Å². The van der Waals surface area contributed by atoms with Crippen molar-refractivity contribution in [2.75, 3.05) is 6.61 Å². The molecule has 0 saturated heterocycles. The van der Waals surface area contributed by atoms with Crippen molar-refractivity contribution in [3.05, 3.63) is 58.1 Å². The molecule has 6 heteroatoms. The molecule has 0 aliphatic carbocycles. The quantitative estimate of drug-likeness (QED) is 0.584. The van der Waals surface area contributed by atoms with Crippen molar-refractivity contribution in [3.63, 3.8) is 0 Å². The van der Waals surface area contributed by atoms with Gasteiger partial charge >= 0.3 is 0 Å². The number of hydrogen-bond donors (Lipinski definition) is 2. The highest BCUT2D eigenvalue weighted by molar-refractivity contribution is 9.10. The minimum atomic E-state index is -0.359. The highest BCUT2D eigenvalue weighted by Gasteiger charge is 2.15. The summed E-state index contributed by atoms with van der Waals surface area (Å²) in [6.45, 7) is 6.26. The number of carbonyl (C=O) groups is 1. The molecule has 0 fully saturated rings. The van der Waals surface area contributed by atoms with Crippen LogP contribution < -0.4 is 10.2 Å². The zero-order chi connectivity index (χ0) is 18.4. The number of halogens is 1. The molecule has 0 heterocycles. The number of amides is 1. The van der Waals surface area contributed by atoms with E-state index in [0.717, 1.165) is 10.0 Å². The molecule has 2 aromatic rings. The van der Waals surface area contributed by atoms with Crippen LogP contribution in [0.4, 0.5) is 0 Å². The summed E-state index contributed by atoms with van der Waals surface area (Å²) in [4.78, 5) is 11.8. The topological polar surface area (TPSA) is 70.9 Å². The summed E-state index contributed by atoms with van der Waals surface area (Å²) in [5.74, 6) is 0.421. The average Bonchev–Trinajstić information content (AvgIpc) is 2.54. The van der Waals surface area contributed by atoms with Gasteiger partial charge in [0.05, 0.1) is 10.7 Å². The minimum absolute atomic E-state index is 0.0430. The molecule has 132 valence electrons. The zero-order valence-corrected chi connectivity index (χ0v) is 16.0. The van der Waals surface area contributed by atoms with Crippen molar-refractivity contribution >= 4 is 28.1 Å². The van der Waals surface area contributed by atoms with Crippen LogP contribution in [0.15, 0.2) is 52.0 Å². The molecule has 0 aliphatic rings. The summed E-state index contributed by atoms with van der Waals surface area (Å²) in [5.41, 5.74) is 4.38. The fourth-order valence-electron chi connectivity index (χ4n) is 2.00. The molecule has 0 saturated carbocycles. The summed E-state index contributed by atoms with van der Waals surface area (Å²) in [7, 11) is 0. The Labute approximate surface area is 155 Å². The Morgan fingerprint density at radius 3 is 2.52 bits per heavy atom. The van der Waals surface area contributed by atoms with E-state index in [9.17, 15) is 9.90 Å². The number of phenols is 1. The monoisotopic (exact) mass is 404 g/mol. The lowest BCUT2D eigenvalue weighted by Gasteiger charge is -2.20. The fraction of sp³-hybridized carbons (Fsp3) is 0.263. The van der Waals surface area contributed by atoms with Gasteiger partial charge in [0.25, 0.3) is 5.91 Å². The van der Waals surface area contributed by atoms with E-state index in [-0.39, 0.29) is 23.7 Å². The Balaban J connectivity index is 1.86. The predicted molar refractivity (Wildman–Crippen MR) is 102 cm³/mol. The van der Waals surface area contributed by atoms with Crippen molar-refractivity contribution in [2.45, 2.75) is 26.2 Å². The molecule has 0 aromatic heterocycles. The molecule has 0 radical (unpaired) electrons. The largest absolute Gasteiger partial charge is 0.508 e. The average molecular weight is 405 g/mol. The van der Waals surface area contributed by atoms with Gasteiger partial charge in [-0.2, -0.15) is 5.10 Å². The second kappa shape index (κ2) is 8.16. The number of hydrazone groups is 1. The van der Waals surface area contributed by atoms with Gasteiger partial charge < -0.3 is 9.84 Å². The molecule has 5 nitrogen and oxygen atoms in total. The molecule has 0 atom stereocenters. The maximum Gasteiger partial charge on any atom is 0.277 e. The molecular formula is C19H21BrN2O3. The smallest absolute Gasteiger partial charge is 0.277 e. The number of nitrogens with one attached hydrogen (secondary N) is 1. The van der Waals surface area contributed by atoms with Gasteiger partial charge in [0.2, 0.25) is 0 Å². The standard InChI is InChI=1S/C19H21BrN2O3/c1-19(2,3)14-6-9-17(16(20)10-14)25-12-18(24)22-21-11-13-4-7-15(23)8-5-13/h4-11,23H,12H2,1-3H3,(H,22,24)/b21-11-. The van der Waals surface area contributed by atoms with Gasteiger partial charge in [0.15, 0.2) is 6.61 Å². The number of nitrogens with zero attached hydrogens (tertiary/aromatic N) is 1. The third-order valence-electron chi connectivity index (χ3n) is 3.45. The Kier molecular flexibility index (Phi) is 6.20. The van der Waals surface area contributed by atoms with Gasteiger partial charge in [-0.1, -0.05) is 26.8 Å². The Hall–Kier alpha value is -2.34. The highest BCUT2D eigenvalue weighted by atomic mass is 79.9. The van der Waals surface area contributed by atoms with Crippen LogP contribution in [0, 0.1) is 0 Å². The first-order chi connectivity index (χ1) is 11.8. The lowest BCUT2D eigenvalue weighted by molar-refractivity contribution is -0.123. The van der Waals surface area contributed by atoms with Gasteiger partial charge in [0, 0.05) is 0 Å². The van der Waals surface area contributed by atoms with E-state index in [2.05, 4.69) is 47.2 Å². The fourth-order valence-corrected chi connectivity index (χ4v) is 2.49. The lowest BCUT2D eigenvalue weighted by Crippen LogP contribution is -2.24. The summed E-state index contributed by atoms with van der Waals surface area (Å²) < 4.78 is 6.32. The van der Waals surface area contributed by atoms with Gasteiger partial charge in [-0.3, -0.25) is 4.79 Å². The second-order valence-electron chi connectivity index (χ2n) is 6.57. The summed E-state index contributed by atoms with van der Waals surface area (Å²) in [5, 5.41) is 13.1. The van der Waals surface area contributed by atoms with Crippen molar-refractivity contribution in [2.24, 2.45) is 5.10 Å². The Morgan fingerprint density at radius 1 is 1.24 bits per heavy atom. The van der Waals surface area contributed by atoms with Crippen LogP contribution >= 0.6 is 15.9 Å². The number of hydrogen-bond acceptors (Lipinski definition) is 4. The van der Waals surface area contributed by atoms with Crippen LogP contribution in [0.3, 0.4) is 0 Å². The van der Waals surface area contributed by atoms with E-state index < -0.39 is 0 Å². The van der Waals surface area contributed by atoms with Crippen molar-refractivity contribution in [1.82, 2.24) is 5.43 Å². The van der Waals surface area contributed by atoms with E-state index in [1.165, 1.54) is 11.8 Å². The van der Waals surface area contributed by atoms with E-state index in [1.807, 2.05) is 18.2 Å². The van der Waals surface area contributed by atoms with E-state index in [1.54, 1.807) is 24.3 Å². The minimum Gasteiger partial charge on any atom is -0.508 e. The van der Waals surface area contributed by atoms with E-state index >= 15 is 0 Å². The second-order valence-corrected chi connectivity index (χ2v) is 7.42. The van der Waals surface area contributed by atoms with Crippen LogP contribution in [-0.4, -0.2) is 23.8 Å². The number of ether oxygens (including phenoxy) is 1. The first-order valence-corrected chi connectivity index (χ1v) is 8.59. The molecule has 0 unspecified atom stereocenters. The first-order valence-electron chi connectivity index (χ1n) is 7.79. The Bertz CT molecular complexity index is 765. The number of rotatable bonds is 5. The molecule has 25 heavy (non-hydrogen) atoms.